The molecule has 0 aromatic carbocycles. The van der Waals surface area contributed by atoms with Crippen molar-refractivity contribution in [1.82, 2.24) is 4.23 Å². The molecule has 0 spiro atoms. The lowest BCUT2D eigenvalue weighted by Crippen LogP contribution is -2.64. The van der Waals surface area contributed by atoms with Gasteiger partial charge in [-0.1, -0.05) is 58.9 Å². The molecule has 0 aliphatic heterocycles. The molecule has 9 heteroatoms. The molecule has 2 nitrogen and oxygen atoms in total. The van der Waals surface area contributed by atoms with Crippen LogP contribution in [0.4, 0.5) is 13.2 Å². The van der Waals surface area contributed by atoms with Crippen LogP contribution in [0.3, 0.4) is 0 Å². The number of alkyl halides is 3. The largest absolute Gasteiger partial charge is 0.469 e. The second kappa shape index (κ2) is 6.97. The molecular weight excluding hydrogens is 339 g/mol. The monoisotopic (exact) mass is 365 g/mol. The second-order valence-corrected chi connectivity index (χ2v) is 25.1. The lowest BCUT2D eigenvalue weighted by Gasteiger charge is -2.43. The number of carbonyl (C=O) groups is 1. The van der Waals surface area contributed by atoms with E-state index in [2.05, 4.69) is 19.6 Å². The van der Waals surface area contributed by atoms with E-state index in [1.54, 1.807) is 39.3 Å². The summed E-state index contributed by atoms with van der Waals surface area (Å²) in [7, 11) is -5.68. The van der Waals surface area contributed by atoms with Gasteiger partial charge in [0.25, 0.3) is 0 Å². The number of halogens is 4. The Balaban J connectivity index is 0. The van der Waals surface area contributed by atoms with E-state index >= 15 is 0 Å². The minimum Gasteiger partial charge on any atom is -0.388 e. The first-order chi connectivity index (χ1) is 8.28. The van der Waals surface area contributed by atoms with E-state index in [0.717, 1.165) is 4.23 Å². The Labute approximate surface area is 128 Å². The number of hydrogen-bond donors (Lipinski definition) is 0. The average Bonchev–Trinajstić information content (AvgIpc) is 1.91. The lowest BCUT2D eigenvalue weighted by molar-refractivity contribution is -0.177. The van der Waals surface area contributed by atoms with E-state index in [9.17, 15) is 18.0 Å². The van der Waals surface area contributed by atoms with E-state index in [4.69, 9.17) is 11.1 Å². The molecule has 0 aliphatic rings. The van der Waals surface area contributed by atoms with Gasteiger partial charge in [0, 0.05) is 0 Å². The molecule has 0 heterocycles. The first kappa shape index (κ1) is 22.5. The molecule has 0 saturated heterocycles. The van der Waals surface area contributed by atoms with Crippen molar-refractivity contribution in [3.63, 3.8) is 0 Å². The van der Waals surface area contributed by atoms with E-state index in [-0.39, 0.29) is 0 Å². The van der Waals surface area contributed by atoms with Crippen molar-refractivity contribution >= 4 is 40.8 Å². The van der Waals surface area contributed by atoms with Crippen LogP contribution >= 0.6 is 11.1 Å². The molecule has 0 aromatic heterocycles. The van der Waals surface area contributed by atoms with Gasteiger partial charge in [-0.15, -0.1) is 0 Å². The maximum atomic E-state index is 12.4. The highest BCUT2D eigenvalue weighted by Gasteiger charge is 2.50. The van der Waals surface area contributed by atoms with Crippen molar-refractivity contribution in [1.29, 1.82) is 0 Å². The molecule has 0 N–H and O–H groups in total. The van der Waals surface area contributed by atoms with Crippen molar-refractivity contribution in [2.45, 2.75) is 65.1 Å². The lowest BCUT2D eigenvalue weighted by atomic mass is 10.6. The van der Waals surface area contributed by atoms with Crippen LogP contribution in [0.2, 0.25) is 58.9 Å². The fraction of sp³-hybridized carbons (Fsp3) is 0.909. The van der Waals surface area contributed by atoms with Crippen molar-refractivity contribution in [3.8, 4) is 0 Å². The van der Waals surface area contributed by atoms with E-state index in [0.29, 0.717) is 0 Å². The summed E-state index contributed by atoms with van der Waals surface area (Å²) in [5.74, 6) is -1.67. The molecule has 0 rings (SSSR count). The van der Waals surface area contributed by atoms with Gasteiger partial charge in [-0.05, 0) is 0 Å². The maximum Gasteiger partial charge on any atom is 0.469 e. The first-order valence-corrected chi connectivity index (χ1v) is 17.8. The fourth-order valence-electron chi connectivity index (χ4n) is 1.74. The zero-order chi connectivity index (χ0) is 17.2. The van der Waals surface area contributed by atoms with Gasteiger partial charge in [-0.3, -0.25) is 4.79 Å². The third kappa shape index (κ3) is 10.9. The summed E-state index contributed by atoms with van der Waals surface area (Å²) in [5.41, 5.74) is 0. The predicted octanol–water partition coefficient (Wildman–Crippen LogP) is 5.11. The third-order valence-corrected chi connectivity index (χ3v) is 8.90. The smallest absolute Gasteiger partial charge is 0.388 e. The summed E-state index contributed by atoms with van der Waals surface area (Å²) in [5, 5.41) is 0. The topological polar surface area (TPSA) is 20.3 Å². The summed E-state index contributed by atoms with van der Waals surface area (Å²) in [6.45, 7) is 16.8. The Morgan fingerprint density at radius 1 is 0.850 bits per heavy atom. The van der Waals surface area contributed by atoms with Gasteiger partial charge in [0.2, 0.25) is 0 Å². The Bertz CT molecular complexity index is 310. The molecule has 20 heavy (non-hydrogen) atoms. The van der Waals surface area contributed by atoms with Crippen LogP contribution in [0.1, 0.15) is 0 Å². The number of carbonyl (C=O) groups excluding carboxylic acids is 1. The number of amides is 1. The quantitative estimate of drug-likeness (QED) is 0.492. The van der Waals surface area contributed by atoms with Gasteiger partial charge in [0.05, 0.1) is 0 Å². The van der Waals surface area contributed by atoms with Crippen LogP contribution in [-0.2, 0) is 4.79 Å². The molecule has 0 saturated carbocycles. The molecule has 0 radical (unpaired) electrons. The van der Waals surface area contributed by atoms with Crippen molar-refractivity contribution in [2.75, 3.05) is 0 Å². The van der Waals surface area contributed by atoms with Gasteiger partial charge in [-0.25, -0.2) is 0 Å². The van der Waals surface area contributed by atoms with Crippen LogP contribution in [0.15, 0.2) is 0 Å². The zero-order valence-electron chi connectivity index (χ0n) is 13.9. The molecule has 0 atom stereocenters. The van der Waals surface area contributed by atoms with Gasteiger partial charge >= 0.3 is 12.1 Å². The van der Waals surface area contributed by atoms with Crippen LogP contribution in [0.25, 0.3) is 0 Å². The summed E-state index contributed by atoms with van der Waals surface area (Å²) < 4.78 is 38.4. The standard InChI is InChI=1S/C8H18F3NOSi2.C3H9ClSi/c1-14(2,3)12(15(4,5)6)7(13)8(9,10)11;1-5(2,3)4/h1-6H3;1-3H3. The van der Waals surface area contributed by atoms with Gasteiger partial charge in [0.1, 0.15) is 23.9 Å². The SMILES string of the molecule is C[Si](C)(C)Cl.C[Si](C)(C)N(C(=O)C(F)(F)F)[Si](C)(C)C. The second-order valence-electron chi connectivity index (χ2n) is 7.55. The average molecular weight is 366 g/mol. The van der Waals surface area contributed by atoms with Crippen molar-refractivity contribution in [3.05, 3.63) is 0 Å². The highest BCUT2D eigenvalue weighted by Crippen LogP contribution is 2.27. The van der Waals surface area contributed by atoms with E-state index in [1.807, 2.05) is 0 Å². The Morgan fingerprint density at radius 2 is 1.05 bits per heavy atom. The molecule has 0 aromatic rings. The minimum atomic E-state index is -4.75. The summed E-state index contributed by atoms with van der Waals surface area (Å²) in [6.07, 6.45) is -4.75. The van der Waals surface area contributed by atoms with Crippen LogP contribution < -0.4 is 0 Å². The van der Waals surface area contributed by atoms with Crippen molar-refractivity contribution < 1.29 is 18.0 Å². The normalized spacial score (nSPS) is 13.4. The molecule has 0 fully saturated rings. The number of rotatable bonds is 2. The predicted molar refractivity (Wildman–Crippen MR) is 88.8 cm³/mol. The highest BCUT2D eigenvalue weighted by atomic mass is 35.6. The summed E-state index contributed by atoms with van der Waals surface area (Å²) >= 11 is 5.67. The molecule has 0 bridgehead atoms. The Hall–Kier alpha value is 0.201. The van der Waals surface area contributed by atoms with Gasteiger partial charge in [-0.2, -0.15) is 24.3 Å². The van der Waals surface area contributed by atoms with Gasteiger partial charge < -0.3 is 4.23 Å². The van der Waals surface area contributed by atoms with Crippen LogP contribution in [-0.4, -0.2) is 40.2 Å². The number of hydrogen-bond acceptors (Lipinski definition) is 1. The molecule has 1 amide bonds. The van der Waals surface area contributed by atoms with Gasteiger partial charge in [0.15, 0.2) is 0 Å². The Morgan fingerprint density at radius 3 is 1.10 bits per heavy atom. The minimum absolute atomic E-state index is 1.14. The summed E-state index contributed by atoms with van der Waals surface area (Å²) in [6, 6.07) is 0. The Kier molecular flexibility index (Phi) is 7.84. The molecule has 122 valence electrons. The third-order valence-electron chi connectivity index (χ3n) is 1.79. The van der Waals surface area contributed by atoms with Crippen molar-refractivity contribution in [2.24, 2.45) is 0 Å². The van der Waals surface area contributed by atoms with E-state index < -0.39 is 35.9 Å². The summed E-state index contributed by atoms with van der Waals surface area (Å²) in [4.78, 5) is 11.3. The zero-order valence-corrected chi connectivity index (χ0v) is 17.6. The molecular formula is C11H27ClF3NOSi3. The molecule has 0 unspecified atom stereocenters. The fourth-order valence-corrected chi connectivity index (χ4v) is 11.3. The highest BCUT2D eigenvalue weighted by molar-refractivity contribution is 7.18. The molecule has 0 aliphatic carbocycles. The maximum absolute atomic E-state index is 12.4. The van der Waals surface area contributed by atoms with Crippen LogP contribution in [0, 0.1) is 0 Å². The van der Waals surface area contributed by atoms with E-state index in [1.165, 1.54) is 0 Å². The number of nitrogens with zero attached hydrogens (tertiary/aromatic N) is 1. The van der Waals surface area contributed by atoms with Crippen LogP contribution in [0.5, 0.6) is 0 Å². The first-order valence-electron chi connectivity index (χ1n) is 6.38.